The molecule has 2 saturated heterocycles. The summed E-state index contributed by atoms with van der Waals surface area (Å²) in [6.45, 7) is 9.45. The molecule has 5 rings (SSSR count). The molecule has 3 amide bonds. The van der Waals surface area contributed by atoms with E-state index >= 15 is 0 Å². The molecule has 0 bridgehead atoms. The van der Waals surface area contributed by atoms with Crippen LogP contribution in [-0.2, 0) is 46.3 Å². The number of hydrogen-bond acceptors (Lipinski definition) is 10. The third-order valence-electron chi connectivity index (χ3n) is 8.68. The van der Waals surface area contributed by atoms with Crippen LogP contribution in [0.4, 0.5) is 0 Å². The number of hydrogen-bond donors (Lipinski definition) is 3. The summed E-state index contributed by atoms with van der Waals surface area (Å²) in [5.74, 6) is -1.67. The molecular formula is C35H46N6O7. The van der Waals surface area contributed by atoms with Gasteiger partial charge in [-0.25, -0.2) is 0 Å². The number of Topliss-reactive ketones (excluding diaryl/α,β-unsaturated/α-hetero) is 1. The van der Waals surface area contributed by atoms with Crippen LogP contribution in [0.5, 0.6) is 0 Å². The summed E-state index contributed by atoms with van der Waals surface area (Å²) in [4.78, 5) is 66.7. The van der Waals surface area contributed by atoms with Crippen molar-refractivity contribution in [2.45, 2.75) is 76.3 Å². The van der Waals surface area contributed by atoms with E-state index in [-0.39, 0.29) is 36.4 Å². The van der Waals surface area contributed by atoms with Crippen molar-refractivity contribution < 1.29 is 33.5 Å². The van der Waals surface area contributed by atoms with E-state index in [9.17, 15) is 19.2 Å². The first kappa shape index (κ1) is 35.1. The van der Waals surface area contributed by atoms with Gasteiger partial charge in [0.15, 0.2) is 5.78 Å². The quantitative estimate of drug-likeness (QED) is 0.224. The first-order valence-electron chi connectivity index (χ1n) is 16.7. The molecule has 5 atom stereocenters. The molecule has 0 aliphatic carbocycles. The van der Waals surface area contributed by atoms with Crippen LogP contribution in [0.2, 0.25) is 0 Å². The van der Waals surface area contributed by atoms with E-state index in [1.165, 1.54) is 0 Å². The van der Waals surface area contributed by atoms with Gasteiger partial charge < -0.3 is 30.3 Å². The number of aromatic nitrogens is 1. The Balaban J connectivity index is 1.30. The number of pyridine rings is 1. The normalized spacial score (nSPS) is 22.5. The van der Waals surface area contributed by atoms with E-state index in [0.717, 1.165) is 18.7 Å². The number of amides is 3. The monoisotopic (exact) mass is 662 g/mol. The highest BCUT2D eigenvalue weighted by Gasteiger charge is 2.50. The molecule has 2 fully saturated rings. The second kappa shape index (κ2) is 16.3. The average Bonchev–Trinajstić information content (AvgIpc) is 3.66. The zero-order chi connectivity index (χ0) is 34.1. The van der Waals surface area contributed by atoms with Crippen molar-refractivity contribution in [3.05, 3.63) is 66.0 Å². The molecule has 1 unspecified atom stereocenters. The van der Waals surface area contributed by atoms with Crippen molar-refractivity contribution in [3.63, 3.8) is 0 Å². The lowest BCUT2D eigenvalue weighted by molar-refractivity contribution is -0.134. The van der Waals surface area contributed by atoms with Crippen molar-refractivity contribution in [2.75, 3.05) is 39.5 Å². The highest BCUT2D eigenvalue weighted by Crippen LogP contribution is 2.29. The average molecular weight is 663 g/mol. The Hall–Kier alpha value is -4.20. The van der Waals surface area contributed by atoms with Crippen LogP contribution in [0.3, 0.4) is 0 Å². The lowest BCUT2D eigenvalue weighted by Gasteiger charge is -2.28. The van der Waals surface area contributed by atoms with E-state index in [0.29, 0.717) is 44.9 Å². The summed E-state index contributed by atoms with van der Waals surface area (Å²) in [5, 5.41) is 12.6. The van der Waals surface area contributed by atoms with Crippen LogP contribution < -0.4 is 16.0 Å². The predicted molar refractivity (Wildman–Crippen MR) is 177 cm³/mol. The largest absolute Gasteiger partial charge is 0.390 e. The van der Waals surface area contributed by atoms with Gasteiger partial charge in [-0.1, -0.05) is 55.4 Å². The molecule has 4 heterocycles. The van der Waals surface area contributed by atoms with Crippen molar-refractivity contribution in [1.82, 2.24) is 25.8 Å². The minimum Gasteiger partial charge on any atom is -0.390 e. The zero-order valence-corrected chi connectivity index (χ0v) is 27.9. The highest BCUT2D eigenvalue weighted by atomic mass is 16.6. The predicted octanol–water partition coefficient (Wildman–Crippen LogP) is 1.20. The fraction of sp³-hybridized carbons (Fsp3) is 0.543. The summed E-state index contributed by atoms with van der Waals surface area (Å²) in [5.41, 5.74) is 0.668. The number of oxime groups is 1. The first-order valence-corrected chi connectivity index (χ1v) is 16.7. The summed E-state index contributed by atoms with van der Waals surface area (Å²) >= 11 is 0. The molecule has 3 N–H and O–H groups in total. The minimum atomic E-state index is -1.08. The van der Waals surface area contributed by atoms with Gasteiger partial charge in [-0.2, -0.15) is 0 Å². The lowest BCUT2D eigenvalue weighted by Crippen LogP contribution is -2.58. The molecular weight excluding hydrogens is 616 g/mol. The number of epoxide rings is 1. The van der Waals surface area contributed by atoms with Gasteiger partial charge in [0, 0.05) is 50.8 Å². The first-order chi connectivity index (χ1) is 23.1. The molecule has 0 spiro atoms. The number of rotatable bonds is 16. The molecule has 13 heteroatoms. The number of ether oxygens (including phenoxy) is 2. The van der Waals surface area contributed by atoms with Crippen molar-refractivity contribution in [2.24, 2.45) is 11.1 Å². The van der Waals surface area contributed by atoms with Gasteiger partial charge in [0.2, 0.25) is 11.8 Å². The maximum Gasteiger partial charge on any atom is 0.269 e. The molecule has 0 saturated carbocycles. The molecule has 2 aromatic rings. The zero-order valence-electron chi connectivity index (χ0n) is 27.9. The Bertz CT molecular complexity index is 1440. The fourth-order valence-corrected chi connectivity index (χ4v) is 5.84. The molecule has 3 aliphatic heterocycles. The second-order valence-corrected chi connectivity index (χ2v) is 13.3. The topological polar surface area (TPSA) is 164 Å². The number of carbonyl (C=O) groups is 4. The minimum absolute atomic E-state index is 0.0770. The second-order valence-electron chi connectivity index (χ2n) is 13.3. The number of nitrogens with zero attached hydrogens (tertiary/aromatic N) is 3. The van der Waals surface area contributed by atoms with Crippen LogP contribution >= 0.6 is 0 Å². The number of carbonyl (C=O) groups excluding carboxylic acids is 4. The van der Waals surface area contributed by atoms with E-state index in [2.05, 4.69) is 31.0 Å². The standard InChI is InChI=1S/C35H46N6O7/c1-23(2)17-27(31(42)35(3)22-47-35)37-32(43)28(18-24-9-5-4-6-10-24)38-33(44)29(19-25-11-7-8-12-36-25)39-34(45)30-20-26(48-40-30)21-41-13-15-46-16-14-41/h4-12,23,26-29H,13-22H2,1-3H3,(H,37,43)(H,38,44)(H,39,45)/t26?,27-,28-,29-,35+/m0/s1. The fourth-order valence-electron chi connectivity index (χ4n) is 5.84. The third kappa shape index (κ3) is 9.91. The van der Waals surface area contributed by atoms with Crippen LogP contribution in [0.15, 0.2) is 59.9 Å². The van der Waals surface area contributed by atoms with Crippen LogP contribution in [0, 0.1) is 5.92 Å². The number of nitrogens with one attached hydrogen (secondary N) is 3. The number of ketones is 1. The molecule has 1 aromatic heterocycles. The summed E-state index contributed by atoms with van der Waals surface area (Å²) in [7, 11) is 0. The van der Waals surface area contributed by atoms with E-state index in [1.54, 1.807) is 31.3 Å². The van der Waals surface area contributed by atoms with Gasteiger partial charge in [-0.3, -0.25) is 29.1 Å². The summed E-state index contributed by atoms with van der Waals surface area (Å²) in [6, 6.07) is 11.7. The van der Waals surface area contributed by atoms with Gasteiger partial charge in [0.1, 0.15) is 29.5 Å². The SMILES string of the molecule is CC(C)C[C@H](NC(=O)[C@H](Cc1ccccc1)NC(=O)[C@H](Cc1ccccn1)NC(=O)C1=NOC(CN2CCOCC2)C1)C(=O)[C@@]1(C)CO1. The Morgan fingerprint density at radius 2 is 1.58 bits per heavy atom. The van der Waals surface area contributed by atoms with Gasteiger partial charge >= 0.3 is 0 Å². The Morgan fingerprint density at radius 1 is 0.917 bits per heavy atom. The van der Waals surface area contributed by atoms with Gasteiger partial charge in [-0.05, 0) is 37.0 Å². The third-order valence-corrected chi connectivity index (χ3v) is 8.68. The molecule has 13 nitrogen and oxygen atoms in total. The molecule has 48 heavy (non-hydrogen) atoms. The Labute approximate surface area is 281 Å². The molecule has 3 aliphatic rings. The number of benzene rings is 1. The van der Waals surface area contributed by atoms with E-state index in [4.69, 9.17) is 14.3 Å². The number of morpholine rings is 1. The van der Waals surface area contributed by atoms with E-state index < -0.39 is 41.4 Å². The molecule has 0 radical (unpaired) electrons. The van der Waals surface area contributed by atoms with Gasteiger partial charge in [0.05, 0.1) is 25.9 Å². The summed E-state index contributed by atoms with van der Waals surface area (Å²) in [6.07, 6.45) is 2.30. The van der Waals surface area contributed by atoms with Gasteiger partial charge in [0.25, 0.3) is 5.91 Å². The van der Waals surface area contributed by atoms with Crippen molar-refractivity contribution >= 4 is 29.2 Å². The molecule has 258 valence electrons. The molecule has 1 aromatic carbocycles. The maximum absolute atomic E-state index is 14.0. The van der Waals surface area contributed by atoms with Crippen LogP contribution in [0.1, 0.15) is 44.9 Å². The Kier molecular flexibility index (Phi) is 11.9. The highest BCUT2D eigenvalue weighted by molar-refractivity contribution is 6.39. The van der Waals surface area contributed by atoms with Crippen LogP contribution in [-0.4, -0.2) is 108 Å². The lowest BCUT2D eigenvalue weighted by atomic mass is 9.93. The van der Waals surface area contributed by atoms with Crippen molar-refractivity contribution in [1.29, 1.82) is 0 Å². The Morgan fingerprint density at radius 3 is 2.23 bits per heavy atom. The van der Waals surface area contributed by atoms with Crippen LogP contribution in [0.25, 0.3) is 0 Å². The maximum atomic E-state index is 14.0. The van der Waals surface area contributed by atoms with Gasteiger partial charge in [-0.15, -0.1) is 0 Å². The smallest absolute Gasteiger partial charge is 0.269 e. The van der Waals surface area contributed by atoms with Crippen molar-refractivity contribution in [3.8, 4) is 0 Å². The summed E-state index contributed by atoms with van der Waals surface area (Å²) < 4.78 is 10.8. The van der Waals surface area contributed by atoms with E-state index in [1.807, 2.05) is 44.2 Å².